The second-order valence-corrected chi connectivity index (χ2v) is 9.71. The summed E-state index contributed by atoms with van der Waals surface area (Å²) in [5.41, 5.74) is 2.29. The molecule has 2 unspecified atom stereocenters. The molecule has 2 atom stereocenters. The number of para-hydroxylation sites is 1. The van der Waals surface area contributed by atoms with Crippen LogP contribution < -0.4 is 9.64 Å². The SMILES string of the molecule is Cc1ccc2c(c1)SC(CCCN1CCN(c3ccccc3)CC1)(C(=O)O)C(O)CO2. The molecule has 0 aliphatic carbocycles. The van der Waals surface area contributed by atoms with Gasteiger partial charge in [0.05, 0.1) is 4.90 Å². The van der Waals surface area contributed by atoms with Crippen LogP contribution in [-0.2, 0) is 4.79 Å². The summed E-state index contributed by atoms with van der Waals surface area (Å²) in [6, 6.07) is 16.2. The number of nitrogens with zero attached hydrogens (tertiary/aromatic N) is 2. The number of rotatable bonds is 6. The molecule has 2 aromatic carbocycles. The average molecular weight is 443 g/mol. The first-order valence-corrected chi connectivity index (χ1v) is 11.7. The predicted octanol–water partition coefficient (Wildman–Crippen LogP) is 3.27. The molecule has 2 heterocycles. The lowest BCUT2D eigenvalue weighted by Gasteiger charge is -2.37. The number of aryl methyl sites for hydroxylation is 1. The number of ether oxygens (including phenoxy) is 1. The Balaban J connectivity index is 1.37. The smallest absolute Gasteiger partial charge is 0.322 e. The van der Waals surface area contributed by atoms with E-state index in [4.69, 9.17) is 4.74 Å². The van der Waals surface area contributed by atoms with E-state index in [-0.39, 0.29) is 6.61 Å². The van der Waals surface area contributed by atoms with Crippen molar-refractivity contribution in [1.82, 2.24) is 4.90 Å². The molecule has 7 heteroatoms. The van der Waals surface area contributed by atoms with Crippen LogP contribution in [0.4, 0.5) is 5.69 Å². The van der Waals surface area contributed by atoms with Crippen LogP contribution in [0.1, 0.15) is 18.4 Å². The molecule has 2 aliphatic rings. The van der Waals surface area contributed by atoms with Crippen LogP contribution in [0.15, 0.2) is 53.4 Å². The van der Waals surface area contributed by atoms with Gasteiger partial charge >= 0.3 is 5.97 Å². The number of aliphatic hydroxyl groups excluding tert-OH is 1. The van der Waals surface area contributed by atoms with Crippen molar-refractivity contribution in [1.29, 1.82) is 0 Å². The molecule has 166 valence electrons. The number of benzene rings is 2. The molecule has 0 aromatic heterocycles. The third-order valence-corrected chi connectivity index (χ3v) is 7.76. The lowest BCUT2D eigenvalue weighted by molar-refractivity contribution is -0.144. The molecule has 2 aromatic rings. The molecule has 6 nitrogen and oxygen atoms in total. The van der Waals surface area contributed by atoms with Gasteiger partial charge in [-0.05, 0) is 56.1 Å². The van der Waals surface area contributed by atoms with E-state index in [0.717, 1.165) is 43.2 Å². The first kappa shape index (κ1) is 22.0. The monoisotopic (exact) mass is 442 g/mol. The normalized spacial score (nSPS) is 24.2. The number of carboxylic acid groups (broad SMARTS) is 1. The molecule has 0 radical (unpaired) electrons. The third kappa shape index (κ3) is 4.84. The van der Waals surface area contributed by atoms with Gasteiger partial charge in [0, 0.05) is 31.9 Å². The molecule has 31 heavy (non-hydrogen) atoms. The van der Waals surface area contributed by atoms with Crippen molar-refractivity contribution >= 4 is 23.4 Å². The highest BCUT2D eigenvalue weighted by Crippen LogP contribution is 2.46. The number of piperazine rings is 1. The average Bonchev–Trinajstić information content (AvgIpc) is 2.92. The van der Waals surface area contributed by atoms with E-state index < -0.39 is 16.8 Å². The van der Waals surface area contributed by atoms with Crippen molar-refractivity contribution in [2.75, 3.05) is 44.2 Å². The van der Waals surface area contributed by atoms with E-state index in [0.29, 0.717) is 18.6 Å². The molecular weight excluding hydrogens is 412 g/mol. The quantitative estimate of drug-likeness (QED) is 0.711. The number of hydrogen-bond donors (Lipinski definition) is 2. The second-order valence-electron chi connectivity index (χ2n) is 8.34. The van der Waals surface area contributed by atoms with E-state index in [1.54, 1.807) is 0 Å². The summed E-state index contributed by atoms with van der Waals surface area (Å²) in [5, 5.41) is 20.9. The largest absolute Gasteiger partial charge is 0.490 e. The van der Waals surface area contributed by atoms with Gasteiger partial charge in [0.15, 0.2) is 0 Å². The summed E-state index contributed by atoms with van der Waals surface area (Å²) < 4.78 is 4.42. The fraction of sp³-hybridized carbons (Fsp3) is 0.458. The summed E-state index contributed by atoms with van der Waals surface area (Å²) in [6.07, 6.45) is 0.0322. The number of carbonyl (C=O) groups is 1. The molecule has 0 spiro atoms. The number of thioether (sulfide) groups is 1. The van der Waals surface area contributed by atoms with Gasteiger partial charge in [-0.1, -0.05) is 24.3 Å². The number of aliphatic carboxylic acids is 1. The van der Waals surface area contributed by atoms with E-state index in [1.165, 1.54) is 17.4 Å². The number of aliphatic hydroxyl groups is 1. The highest BCUT2D eigenvalue weighted by atomic mass is 32.2. The molecule has 4 rings (SSSR count). The molecule has 1 saturated heterocycles. The van der Waals surface area contributed by atoms with Crippen LogP contribution in [0.5, 0.6) is 5.75 Å². The molecule has 1 fully saturated rings. The Morgan fingerprint density at radius 1 is 1.16 bits per heavy atom. The summed E-state index contributed by atoms with van der Waals surface area (Å²) in [5.74, 6) is -0.327. The fourth-order valence-electron chi connectivity index (χ4n) is 4.33. The summed E-state index contributed by atoms with van der Waals surface area (Å²) in [4.78, 5) is 17.9. The maximum absolute atomic E-state index is 12.4. The van der Waals surface area contributed by atoms with Crippen LogP contribution in [0.2, 0.25) is 0 Å². The van der Waals surface area contributed by atoms with E-state index in [1.807, 2.05) is 31.2 Å². The molecule has 0 saturated carbocycles. The molecule has 2 aliphatic heterocycles. The van der Waals surface area contributed by atoms with E-state index in [9.17, 15) is 15.0 Å². The third-order valence-electron chi connectivity index (χ3n) is 6.20. The molecule has 0 amide bonds. The molecular formula is C24H30N2O4S. The van der Waals surface area contributed by atoms with Gasteiger partial charge in [0.25, 0.3) is 0 Å². The zero-order valence-electron chi connectivity index (χ0n) is 17.9. The Morgan fingerprint density at radius 2 is 1.90 bits per heavy atom. The zero-order valence-corrected chi connectivity index (χ0v) is 18.7. The standard InChI is InChI=1S/C24H30N2O4S/c1-18-8-9-20-21(16-18)31-24(23(28)29,22(27)17-30-20)10-5-11-25-12-14-26(15-13-25)19-6-3-2-4-7-19/h2-4,6-9,16,22,27H,5,10-15,17H2,1H3,(H,28,29). The number of fused-ring (bicyclic) bond motifs is 1. The van der Waals surface area contributed by atoms with Crippen LogP contribution in [0.3, 0.4) is 0 Å². The van der Waals surface area contributed by atoms with Crippen molar-refractivity contribution in [3.63, 3.8) is 0 Å². The minimum absolute atomic E-state index is 0.00882. The van der Waals surface area contributed by atoms with Gasteiger partial charge in [-0.2, -0.15) is 0 Å². The Bertz CT molecular complexity index is 902. The lowest BCUT2D eigenvalue weighted by Crippen LogP contribution is -2.50. The Labute approximate surface area is 187 Å². The van der Waals surface area contributed by atoms with Crippen molar-refractivity contribution < 1.29 is 19.7 Å². The lowest BCUT2D eigenvalue weighted by atomic mass is 9.95. The zero-order chi connectivity index (χ0) is 21.8. The molecule has 0 bridgehead atoms. The van der Waals surface area contributed by atoms with Crippen LogP contribution in [-0.4, -0.2) is 71.3 Å². The Morgan fingerprint density at radius 3 is 2.61 bits per heavy atom. The van der Waals surface area contributed by atoms with Gasteiger partial charge in [0.2, 0.25) is 0 Å². The second kappa shape index (κ2) is 9.51. The van der Waals surface area contributed by atoms with Gasteiger partial charge in [-0.25, -0.2) is 0 Å². The van der Waals surface area contributed by atoms with Crippen LogP contribution in [0, 0.1) is 6.92 Å². The first-order chi connectivity index (χ1) is 15.0. The highest BCUT2D eigenvalue weighted by Gasteiger charge is 2.48. The van der Waals surface area contributed by atoms with Crippen molar-refractivity contribution in [3.8, 4) is 5.75 Å². The Kier molecular flexibility index (Phi) is 6.74. The minimum Gasteiger partial charge on any atom is -0.490 e. The number of anilines is 1. The topological polar surface area (TPSA) is 73.2 Å². The van der Waals surface area contributed by atoms with Crippen molar-refractivity contribution in [2.24, 2.45) is 0 Å². The van der Waals surface area contributed by atoms with Gasteiger partial charge in [-0.3, -0.25) is 9.69 Å². The van der Waals surface area contributed by atoms with Gasteiger partial charge in [0.1, 0.15) is 23.2 Å². The van der Waals surface area contributed by atoms with E-state index >= 15 is 0 Å². The Hall–Kier alpha value is -2.22. The summed E-state index contributed by atoms with van der Waals surface area (Å²) in [7, 11) is 0. The first-order valence-electron chi connectivity index (χ1n) is 10.8. The maximum Gasteiger partial charge on any atom is 0.322 e. The highest BCUT2D eigenvalue weighted by molar-refractivity contribution is 8.01. The summed E-state index contributed by atoms with van der Waals surface area (Å²) >= 11 is 1.24. The summed E-state index contributed by atoms with van der Waals surface area (Å²) in [6.45, 7) is 6.63. The number of hydrogen-bond acceptors (Lipinski definition) is 6. The van der Waals surface area contributed by atoms with Gasteiger partial charge in [-0.15, -0.1) is 11.8 Å². The number of carboxylic acids is 1. The van der Waals surface area contributed by atoms with Crippen LogP contribution >= 0.6 is 11.8 Å². The van der Waals surface area contributed by atoms with Crippen molar-refractivity contribution in [2.45, 2.75) is 35.5 Å². The van der Waals surface area contributed by atoms with Crippen molar-refractivity contribution in [3.05, 3.63) is 54.1 Å². The minimum atomic E-state index is -1.30. The van der Waals surface area contributed by atoms with E-state index in [2.05, 4.69) is 34.1 Å². The predicted molar refractivity (Wildman–Crippen MR) is 123 cm³/mol. The molecule has 2 N–H and O–H groups in total. The van der Waals surface area contributed by atoms with Gasteiger partial charge < -0.3 is 19.8 Å². The maximum atomic E-state index is 12.4. The van der Waals surface area contributed by atoms with Crippen LogP contribution in [0.25, 0.3) is 0 Å². The fourth-order valence-corrected chi connectivity index (χ4v) is 5.73.